The maximum Gasteiger partial charge on any atom is 0.408 e. The van der Waals surface area contributed by atoms with Crippen molar-refractivity contribution in [2.75, 3.05) is 5.75 Å². The molecule has 1 amide bonds. The zero-order valence-corrected chi connectivity index (χ0v) is 22.7. The molecule has 0 unspecified atom stereocenters. The molecule has 0 aliphatic carbocycles. The van der Waals surface area contributed by atoms with Gasteiger partial charge in [-0.2, -0.15) is 0 Å². The quantitative estimate of drug-likeness (QED) is 0.204. The smallest absolute Gasteiger partial charge is 0.408 e. The Morgan fingerprint density at radius 1 is 0.872 bits per heavy atom. The van der Waals surface area contributed by atoms with Crippen LogP contribution in [-0.2, 0) is 9.53 Å². The number of para-hydroxylation sites is 2. The van der Waals surface area contributed by atoms with Gasteiger partial charge in [-0.3, -0.25) is 0 Å². The van der Waals surface area contributed by atoms with E-state index in [1.165, 1.54) is 11.8 Å². The zero-order chi connectivity index (χ0) is 27.6. The van der Waals surface area contributed by atoms with Crippen LogP contribution < -0.4 is 5.32 Å². The van der Waals surface area contributed by atoms with Gasteiger partial charge in [0, 0.05) is 27.0 Å². The Morgan fingerprint density at radius 3 is 2.31 bits per heavy atom. The van der Waals surface area contributed by atoms with Crippen LogP contribution in [0.4, 0.5) is 4.79 Å². The molecule has 6 nitrogen and oxygen atoms in total. The van der Waals surface area contributed by atoms with Crippen molar-refractivity contribution in [3.63, 3.8) is 0 Å². The first kappa shape index (κ1) is 26.4. The fraction of sp³-hybridized carbons (Fsp3) is 0.188. The Balaban J connectivity index is 1.37. The summed E-state index contributed by atoms with van der Waals surface area (Å²) < 4.78 is 11.4. The van der Waals surface area contributed by atoms with Crippen LogP contribution in [0.2, 0.25) is 0 Å². The van der Waals surface area contributed by atoms with Crippen LogP contribution in [-0.4, -0.2) is 34.6 Å². The Bertz CT molecular complexity index is 1670. The van der Waals surface area contributed by atoms with Crippen molar-refractivity contribution in [2.24, 2.45) is 0 Å². The number of nitrogens with one attached hydrogen (secondary N) is 1. The summed E-state index contributed by atoms with van der Waals surface area (Å²) >= 11 is 1.36. The third-order valence-corrected chi connectivity index (χ3v) is 7.24. The van der Waals surface area contributed by atoms with Crippen molar-refractivity contribution < 1.29 is 23.8 Å². The molecule has 0 aliphatic rings. The number of amides is 1. The second-order valence-corrected chi connectivity index (χ2v) is 11.3. The van der Waals surface area contributed by atoms with Gasteiger partial charge in [0.2, 0.25) is 0 Å². The fourth-order valence-corrected chi connectivity index (χ4v) is 5.38. The Labute approximate surface area is 231 Å². The summed E-state index contributed by atoms with van der Waals surface area (Å²) in [6, 6.07) is 29.4. The van der Waals surface area contributed by atoms with Crippen LogP contribution >= 0.6 is 11.8 Å². The average Bonchev–Trinajstić information content (AvgIpc) is 3.29. The van der Waals surface area contributed by atoms with Gasteiger partial charge in [0.05, 0.1) is 0 Å². The predicted molar refractivity (Wildman–Crippen MR) is 156 cm³/mol. The third-order valence-electron chi connectivity index (χ3n) is 6.15. The first-order valence-electron chi connectivity index (χ1n) is 12.6. The summed E-state index contributed by atoms with van der Waals surface area (Å²) in [6.45, 7) is 5.19. The van der Waals surface area contributed by atoms with E-state index in [1.54, 1.807) is 20.8 Å². The average molecular weight is 540 g/mol. The molecule has 1 atom stereocenters. The molecule has 198 valence electrons. The summed E-state index contributed by atoms with van der Waals surface area (Å²) in [5.74, 6) is -0.955. The molecule has 2 N–H and O–H groups in total. The van der Waals surface area contributed by atoms with Gasteiger partial charge in [-0.15, -0.1) is 11.8 Å². The third kappa shape index (κ3) is 6.10. The number of aliphatic carboxylic acids is 1. The summed E-state index contributed by atoms with van der Waals surface area (Å²) in [5.41, 5.74) is 5.12. The van der Waals surface area contributed by atoms with Crippen molar-refractivity contribution in [2.45, 2.75) is 37.3 Å². The number of hydrogen-bond donors (Lipinski definition) is 2. The molecule has 0 saturated carbocycles. The molecule has 0 fully saturated rings. The van der Waals surface area contributed by atoms with Crippen molar-refractivity contribution in [3.8, 4) is 22.3 Å². The molecule has 4 aromatic carbocycles. The fourth-order valence-electron chi connectivity index (χ4n) is 4.41. The van der Waals surface area contributed by atoms with E-state index < -0.39 is 23.7 Å². The molecule has 0 aliphatic heterocycles. The van der Waals surface area contributed by atoms with Gasteiger partial charge in [-0.1, -0.05) is 66.7 Å². The van der Waals surface area contributed by atoms with Crippen molar-refractivity contribution in [1.29, 1.82) is 0 Å². The van der Waals surface area contributed by atoms with Gasteiger partial charge in [-0.05, 0) is 61.7 Å². The van der Waals surface area contributed by atoms with E-state index >= 15 is 0 Å². The van der Waals surface area contributed by atoms with Crippen LogP contribution in [0.1, 0.15) is 20.8 Å². The highest BCUT2D eigenvalue weighted by Gasteiger charge is 2.24. The maximum absolute atomic E-state index is 12.1. The molecular formula is C32H29NO5S. The molecule has 5 rings (SSSR count). The highest BCUT2D eigenvalue weighted by atomic mass is 32.2. The van der Waals surface area contributed by atoms with E-state index in [2.05, 4.69) is 41.7 Å². The summed E-state index contributed by atoms with van der Waals surface area (Å²) in [7, 11) is 0. The predicted octanol–water partition coefficient (Wildman–Crippen LogP) is 7.99. The SMILES string of the molecule is CC(C)(C)OC(=O)N[C@H](CSc1cccc(-c2cccc(-c3cccc4c3oc3ccccc34)c2)c1)C(=O)O. The summed E-state index contributed by atoms with van der Waals surface area (Å²) in [5, 5.41) is 14.2. The second kappa shape index (κ2) is 10.9. The number of hydrogen-bond acceptors (Lipinski definition) is 5. The number of thioether (sulfide) groups is 1. The zero-order valence-electron chi connectivity index (χ0n) is 21.9. The molecule has 0 saturated heterocycles. The van der Waals surface area contributed by atoms with Gasteiger partial charge < -0.3 is 19.6 Å². The lowest BCUT2D eigenvalue weighted by Crippen LogP contribution is -2.44. The lowest BCUT2D eigenvalue weighted by atomic mass is 9.98. The van der Waals surface area contributed by atoms with Crippen molar-refractivity contribution in [3.05, 3.63) is 91.0 Å². The minimum absolute atomic E-state index is 0.159. The minimum atomic E-state index is -1.11. The van der Waals surface area contributed by atoms with Gasteiger partial charge in [0.1, 0.15) is 22.8 Å². The number of fused-ring (bicyclic) bond motifs is 3. The summed E-state index contributed by atoms with van der Waals surface area (Å²) in [6.07, 6.45) is -0.750. The van der Waals surface area contributed by atoms with E-state index in [0.717, 1.165) is 49.1 Å². The topological polar surface area (TPSA) is 88.8 Å². The van der Waals surface area contributed by atoms with Gasteiger partial charge >= 0.3 is 12.1 Å². The molecule has 0 bridgehead atoms. The Hall–Kier alpha value is -4.23. The van der Waals surface area contributed by atoms with Crippen LogP contribution in [0.15, 0.2) is 100 Å². The van der Waals surface area contributed by atoms with E-state index in [4.69, 9.17) is 9.15 Å². The molecule has 0 radical (unpaired) electrons. The minimum Gasteiger partial charge on any atom is -0.480 e. The Kier molecular flexibility index (Phi) is 7.35. The van der Waals surface area contributed by atoms with E-state index in [9.17, 15) is 14.7 Å². The van der Waals surface area contributed by atoms with Gasteiger partial charge in [-0.25, -0.2) is 9.59 Å². The number of furan rings is 1. The molecule has 39 heavy (non-hydrogen) atoms. The number of carboxylic acids is 1. The van der Waals surface area contributed by atoms with Gasteiger partial charge in [0.15, 0.2) is 0 Å². The number of benzene rings is 4. The van der Waals surface area contributed by atoms with E-state index in [1.807, 2.05) is 54.6 Å². The maximum atomic E-state index is 12.1. The number of carbonyl (C=O) groups excluding carboxylic acids is 1. The first-order chi connectivity index (χ1) is 18.7. The molecule has 5 aromatic rings. The van der Waals surface area contributed by atoms with Crippen LogP contribution in [0.25, 0.3) is 44.2 Å². The number of carbonyl (C=O) groups is 2. The molecular weight excluding hydrogens is 510 g/mol. The molecule has 1 aromatic heterocycles. The lowest BCUT2D eigenvalue weighted by Gasteiger charge is -2.21. The van der Waals surface area contributed by atoms with Crippen LogP contribution in [0.3, 0.4) is 0 Å². The number of rotatable bonds is 7. The number of ether oxygens (including phenoxy) is 1. The number of alkyl carbamates (subject to hydrolysis) is 1. The van der Waals surface area contributed by atoms with E-state index in [0.29, 0.717) is 0 Å². The normalized spacial score (nSPS) is 12.4. The molecule has 0 spiro atoms. The van der Waals surface area contributed by atoms with Crippen LogP contribution in [0.5, 0.6) is 0 Å². The summed E-state index contributed by atoms with van der Waals surface area (Å²) in [4.78, 5) is 24.7. The van der Waals surface area contributed by atoms with Crippen LogP contribution in [0, 0.1) is 0 Å². The molecule has 7 heteroatoms. The highest BCUT2D eigenvalue weighted by molar-refractivity contribution is 7.99. The van der Waals surface area contributed by atoms with Gasteiger partial charge in [0.25, 0.3) is 0 Å². The van der Waals surface area contributed by atoms with E-state index in [-0.39, 0.29) is 5.75 Å². The standard InChI is InChI=1S/C32H29NO5S/c1-32(2,3)38-31(36)33-27(30(34)35)19-39-23-12-7-10-21(18-23)20-9-6-11-22(17-20)24-14-8-15-26-25-13-4-5-16-28(25)37-29(24)26/h4-18,27H,19H2,1-3H3,(H,33,36)(H,34,35)/t27-/m1/s1. The second-order valence-electron chi connectivity index (χ2n) is 10.2. The van der Waals surface area contributed by atoms with Crippen molar-refractivity contribution in [1.82, 2.24) is 5.32 Å². The largest absolute Gasteiger partial charge is 0.480 e. The lowest BCUT2D eigenvalue weighted by molar-refractivity contribution is -0.138. The first-order valence-corrected chi connectivity index (χ1v) is 13.6. The molecule has 1 heterocycles. The monoisotopic (exact) mass is 539 g/mol. The number of carboxylic acid groups (broad SMARTS) is 1. The van der Waals surface area contributed by atoms with Crippen molar-refractivity contribution >= 4 is 45.8 Å². The highest BCUT2D eigenvalue weighted by Crippen LogP contribution is 2.37. The Morgan fingerprint density at radius 2 is 1.54 bits per heavy atom.